The van der Waals surface area contributed by atoms with Gasteiger partial charge in [0.15, 0.2) is 17.5 Å². The molecule has 0 saturated carbocycles. The zero-order valence-corrected chi connectivity index (χ0v) is 21.9. The normalized spacial score (nSPS) is 10.4. The monoisotopic (exact) mass is 526 g/mol. The van der Waals surface area contributed by atoms with Crippen molar-refractivity contribution in [1.29, 1.82) is 10.5 Å². The van der Waals surface area contributed by atoms with E-state index in [1.807, 2.05) is 109 Å². The lowest BCUT2D eigenvalue weighted by atomic mass is 10.1. The molecule has 0 spiro atoms. The summed E-state index contributed by atoms with van der Waals surface area (Å²) in [4.78, 5) is 16.8. The number of rotatable bonds is 6. The molecule has 0 bridgehead atoms. The van der Waals surface area contributed by atoms with Crippen LogP contribution in [0, 0.1) is 22.7 Å². The number of nitriles is 2. The molecule has 1 aromatic heterocycles. The van der Waals surface area contributed by atoms with E-state index in [4.69, 9.17) is 15.0 Å². The van der Waals surface area contributed by atoms with Gasteiger partial charge in [-0.1, -0.05) is 72.8 Å². The summed E-state index contributed by atoms with van der Waals surface area (Å²) in [5.41, 5.74) is 6.26. The van der Waals surface area contributed by atoms with E-state index in [9.17, 15) is 10.5 Å². The molecule has 6 rings (SSSR count). The second-order valence-corrected chi connectivity index (χ2v) is 9.21. The minimum atomic E-state index is 0.528. The zero-order chi connectivity index (χ0) is 28.0. The van der Waals surface area contributed by atoms with Gasteiger partial charge in [0.2, 0.25) is 0 Å². The van der Waals surface area contributed by atoms with Crippen molar-refractivity contribution < 1.29 is 0 Å². The van der Waals surface area contributed by atoms with Crippen molar-refractivity contribution in [2.75, 3.05) is 4.90 Å². The van der Waals surface area contributed by atoms with Crippen LogP contribution >= 0.6 is 0 Å². The molecule has 0 amide bonds. The Kier molecular flexibility index (Phi) is 6.96. The topological polar surface area (TPSA) is 89.5 Å². The second-order valence-electron chi connectivity index (χ2n) is 9.21. The van der Waals surface area contributed by atoms with Crippen molar-refractivity contribution in [2.45, 2.75) is 0 Å². The van der Waals surface area contributed by atoms with Gasteiger partial charge in [-0.15, -0.1) is 0 Å². The summed E-state index contributed by atoms with van der Waals surface area (Å²) in [7, 11) is 0. The SMILES string of the molecule is N#Cc1ccc(N(c2ccc(C#N)cc2)c2ccccc2-c2nc(-c3ccccc3)nc(-c3ccccc3)n2)cc1. The molecule has 5 aromatic carbocycles. The van der Waals surface area contributed by atoms with Gasteiger partial charge in [-0.05, 0) is 60.7 Å². The summed E-state index contributed by atoms with van der Waals surface area (Å²) in [5.74, 6) is 1.68. The minimum Gasteiger partial charge on any atom is -0.310 e. The Bertz CT molecular complexity index is 1770. The van der Waals surface area contributed by atoms with E-state index in [2.05, 4.69) is 17.0 Å². The first-order valence-corrected chi connectivity index (χ1v) is 13.0. The minimum absolute atomic E-state index is 0.528. The number of para-hydroxylation sites is 1. The highest BCUT2D eigenvalue weighted by atomic mass is 15.2. The maximum Gasteiger partial charge on any atom is 0.166 e. The number of nitrogens with zero attached hydrogens (tertiary/aromatic N) is 6. The Morgan fingerprint density at radius 2 is 0.854 bits per heavy atom. The quantitative estimate of drug-likeness (QED) is 0.218. The average Bonchev–Trinajstić information content (AvgIpc) is 3.06. The van der Waals surface area contributed by atoms with Gasteiger partial charge in [-0.2, -0.15) is 10.5 Å². The lowest BCUT2D eigenvalue weighted by molar-refractivity contribution is 1.07. The predicted octanol–water partition coefficient (Wildman–Crippen LogP) is 8.09. The van der Waals surface area contributed by atoms with Gasteiger partial charge in [0.05, 0.1) is 29.0 Å². The number of hydrogen-bond acceptors (Lipinski definition) is 6. The molecule has 0 aliphatic rings. The maximum absolute atomic E-state index is 9.37. The van der Waals surface area contributed by atoms with Crippen LogP contribution in [0.5, 0.6) is 0 Å². The van der Waals surface area contributed by atoms with Crippen LogP contribution in [0.3, 0.4) is 0 Å². The lowest BCUT2D eigenvalue weighted by Gasteiger charge is -2.27. The molecule has 6 aromatic rings. The summed E-state index contributed by atoms with van der Waals surface area (Å²) < 4.78 is 0. The Morgan fingerprint density at radius 1 is 0.439 bits per heavy atom. The molecule has 6 heteroatoms. The molecule has 0 aliphatic heterocycles. The van der Waals surface area contributed by atoms with E-state index in [1.54, 1.807) is 24.3 Å². The molecule has 0 radical (unpaired) electrons. The van der Waals surface area contributed by atoms with Gasteiger partial charge in [0.1, 0.15) is 0 Å². The predicted molar refractivity (Wildman–Crippen MR) is 160 cm³/mol. The summed E-state index contributed by atoms with van der Waals surface area (Å²) in [6.45, 7) is 0. The van der Waals surface area contributed by atoms with E-state index >= 15 is 0 Å². The molecule has 0 fully saturated rings. The number of anilines is 3. The third-order valence-corrected chi connectivity index (χ3v) is 6.59. The molecule has 0 unspecified atom stereocenters. The second kappa shape index (κ2) is 11.3. The zero-order valence-electron chi connectivity index (χ0n) is 21.9. The first-order chi connectivity index (χ1) is 20.2. The van der Waals surface area contributed by atoms with Crippen molar-refractivity contribution >= 4 is 17.1 Å². The fraction of sp³-hybridized carbons (Fsp3) is 0. The van der Waals surface area contributed by atoms with E-state index < -0.39 is 0 Å². The van der Waals surface area contributed by atoms with Crippen LogP contribution in [0.1, 0.15) is 11.1 Å². The van der Waals surface area contributed by atoms with Crippen molar-refractivity contribution in [3.05, 3.63) is 145 Å². The lowest BCUT2D eigenvalue weighted by Crippen LogP contribution is -2.12. The van der Waals surface area contributed by atoms with Crippen LogP contribution in [0.2, 0.25) is 0 Å². The van der Waals surface area contributed by atoms with Gasteiger partial charge < -0.3 is 4.90 Å². The first kappa shape index (κ1) is 25.2. The van der Waals surface area contributed by atoms with E-state index in [-0.39, 0.29) is 0 Å². The molecule has 0 saturated heterocycles. The Labute approximate surface area is 238 Å². The molecule has 1 heterocycles. The van der Waals surface area contributed by atoms with Crippen LogP contribution in [-0.2, 0) is 0 Å². The Morgan fingerprint density at radius 3 is 1.32 bits per heavy atom. The molecule has 0 aliphatic carbocycles. The summed E-state index contributed by atoms with van der Waals surface area (Å²) in [6, 6.07) is 46.8. The maximum atomic E-state index is 9.37. The molecular weight excluding hydrogens is 504 g/mol. The number of aromatic nitrogens is 3. The van der Waals surface area contributed by atoms with Crippen LogP contribution in [0.4, 0.5) is 17.1 Å². The van der Waals surface area contributed by atoms with Gasteiger partial charge in [-0.3, -0.25) is 0 Å². The third kappa shape index (κ3) is 5.27. The van der Waals surface area contributed by atoms with Gasteiger partial charge in [0.25, 0.3) is 0 Å². The fourth-order valence-electron chi connectivity index (χ4n) is 4.58. The molecule has 192 valence electrons. The van der Waals surface area contributed by atoms with E-state index in [0.29, 0.717) is 28.6 Å². The summed E-state index contributed by atoms with van der Waals surface area (Å²) in [5, 5.41) is 18.7. The van der Waals surface area contributed by atoms with E-state index in [1.165, 1.54) is 0 Å². The van der Waals surface area contributed by atoms with Gasteiger partial charge >= 0.3 is 0 Å². The summed E-state index contributed by atoms with van der Waals surface area (Å²) >= 11 is 0. The van der Waals surface area contributed by atoms with Crippen LogP contribution < -0.4 is 4.90 Å². The Balaban J connectivity index is 1.57. The number of benzene rings is 5. The van der Waals surface area contributed by atoms with Crippen molar-refractivity contribution in [2.24, 2.45) is 0 Å². The first-order valence-electron chi connectivity index (χ1n) is 13.0. The van der Waals surface area contributed by atoms with Gasteiger partial charge in [0, 0.05) is 28.1 Å². The average molecular weight is 527 g/mol. The third-order valence-electron chi connectivity index (χ3n) is 6.59. The fourth-order valence-corrected chi connectivity index (χ4v) is 4.58. The van der Waals surface area contributed by atoms with Crippen molar-refractivity contribution in [3.8, 4) is 46.3 Å². The highest BCUT2D eigenvalue weighted by molar-refractivity contribution is 5.87. The van der Waals surface area contributed by atoms with Crippen molar-refractivity contribution in [3.63, 3.8) is 0 Å². The summed E-state index contributed by atoms with van der Waals surface area (Å²) in [6.07, 6.45) is 0. The van der Waals surface area contributed by atoms with Crippen LogP contribution in [0.25, 0.3) is 34.2 Å². The standard InChI is InChI=1S/C35H22N6/c36-23-25-15-19-29(20-16-25)41(30-21-17-26(24-37)18-22-30)32-14-8-7-13-31(32)35-39-33(27-9-3-1-4-10-27)38-34(40-35)28-11-5-2-6-12-28/h1-22H. The smallest absolute Gasteiger partial charge is 0.166 e. The van der Waals surface area contributed by atoms with Crippen molar-refractivity contribution in [1.82, 2.24) is 15.0 Å². The van der Waals surface area contributed by atoms with Crippen LogP contribution in [-0.4, -0.2) is 15.0 Å². The largest absolute Gasteiger partial charge is 0.310 e. The molecular formula is C35H22N6. The van der Waals surface area contributed by atoms with Crippen LogP contribution in [0.15, 0.2) is 133 Å². The van der Waals surface area contributed by atoms with Gasteiger partial charge in [-0.25, -0.2) is 15.0 Å². The number of hydrogen-bond donors (Lipinski definition) is 0. The Hall–Kier alpha value is -6.11. The molecule has 0 atom stereocenters. The molecule has 6 nitrogen and oxygen atoms in total. The highest BCUT2D eigenvalue weighted by Crippen LogP contribution is 2.40. The van der Waals surface area contributed by atoms with E-state index in [0.717, 1.165) is 33.8 Å². The molecule has 41 heavy (non-hydrogen) atoms. The highest BCUT2D eigenvalue weighted by Gasteiger charge is 2.20. The molecule has 0 N–H and O–H groups in total.